The maximum atomic E-state index is 12.1. The van der Waals surface area contributed by atoms with Gasteiger partial charge in [-0.1, -0.05) is 24.3 Å². The summed E-state index contributed by atoms with van der Waals surface area (Å²) in [6, 6.07) is 7.50. The van der Waals surface area contributed by atoms with Gasteiger partial charge in [-0.25, -0.2) is 8.42 Å². The Bertz CT molecular complexity index is 626. The topological polar surface area (TPSA) is 92.3 Å². The normalized spacial score (nSPS) is 12.2. The second kappa shape index (κ2) is 8.33. The van der Waals surface area contributed by atoms with Gasteiger partial charge in [-0.05, 0) is 18.6 Å². The highest BCUT2D eigenvalue weighted by atomic mass is 32.2. The van der Waals surface area contributed by atoms with Crippen LogP contribution in [-0.2, 0) is 14.6 Å². The summed E-state index contributed by atoms with van der Waals surface area (Å²) in [5.74, 6) is -1.05. The molecule has 0 radical (unpaired) electrons. The summed E-state index contributed by atoms with van der Waals surface area (Å²) in [6.07, 6.45) is 2.61. The van der Waals surface area contributed by atoms with E-state index in [1.165, 1.54) is 6.08 Å². The van der Waals surface area contributed by atoms with Crippen LogP contribution in [0.2, 0.25) is 0 Å². The van der Waals surface area contributed by atoms with Crippen molar-refractivity contribution >= 4 is 21.7 Å². The third-order valence-electron chi connectivity index (χ3n) is 2.86. The van der Waals surface area contributed by atoms with Gasteiger partial charge in [0.15, 0.2) is 0 Å². The Balaban J connectivity index is 2.78. The van der Waals surface area contributed by atoms with Gasteiger partial charge < -0.3 is 10.6 Å². The van der Waals surface area contributed by atoms with Crippen molar-refractivity contribution < 1.29 is 18.0 Å². The Kier molecular flexibility index (Phi) is 6.78. The Morgan fingerprint density at radius 2 is 1.91 bits per heavy atom. The first kappa shape index (κ1) is 17.9. The molecule has 0 saturated carbocycles. The number of hydrogen-bond acceptors (Lipinski definition) is 4. The standard InChI is InChI=1S/C15H20N2O4S/c1-3-10-16-15(19)13(9-11-22(2,20)21)17-14(18)12-7-5-4-6-8-12/h3-8,13H,1,9-11H2,2H3,(H,16,19)(H,17,18)/t13-/m1/s1. The molecule has 1 aromatic rings. The van der Waals surface area contributed by atoms with Crippen molar-refractivity contribution in [2.75, 3.05) is 18.6 Å². The van der Waals surface area contributed by atoms with Gasteiger partial charge >= 0.3 is 0 Å². The van der Waals surface area contributed by atoms with Crippen LogP contribution in [0.1, 0.15) is 16.8 Å². The lowest BCUT2D eigenvalue weighted by molar-refractivity contribution is -0.122. The van der Waals surface area contributed by atoms with E-state index in [2.05, 4.69) is 17.2 Å². The molecule has 6 nitrogen and oxygen atoms in total. The van der Waals surface area contributed by atoms with E-state index in [0.29, 0.717) is 5.56 Å². The SMILES string of the molecule is C=CCNC(=O)[C@@H](CCS(C)(=O)=O)NC(=O)c1ccccc1. The van der Waals surface area contributed by atoms with Crippen LogP contribution in [0.3, 0.4) is 0 Å². The molecule has 0 aliphatic carbocycles. The van der Waals surface area contributed by atoms with Crippen LogP contribution in [0.5, 0.6) is 0 Å². The molecule has 2 amide bonds. The van der Waals surface area contributed by atoms with Crippen LogP contribution in [-0.4, -0.2) is 44.8 Å². The average molecular weight is 324 g/mol. The number of benzene rings is 1. The monoisotopic (exact) mass is 324 g/mol. The third kappa shape index (κ3) is 6.53. The molecular weight excluding hydrogens is 304 g/mol. The van der Waals surface area contributed by atoms with E-state index in [1.807, 2.05) is 0 Å². The van der Waals surface area contributed by atoms with Crippen LogP contribution >= 0.6 is 0 Å². The van der Waals surface area contributed by atoms with Crippen LogP contribution in [0.25, 0.3) is 0 Å². The van der Waals surface area contributed by atoms with Gasteiger partial charge in [0.25, 0.3) is 5.91 Å². The number of carbonyl (C=O) groups excluding carboxylic acids is 2. The summed E-state index contributed by atoms with van der Waals surface area (Å²) < 4.78 is 22.5. The van der Waals surface area contributed by atoms with Gasteiger partial charge in [-0.3, -0.25) is 9.59 Å². The molecule has 22 heavy (non-hydrogen) atoms. The van der Waals surface area contributed by atoms with E-state index >= 15 is 0 Å². The summed E-state index contributed by atoms with van der Waals surface area (Å²) in [4.78, 5) is 24.1. The average Bonchev–Trinajstić information content (AvgIpc) is 2.48. The van der Waals surface area contributed by atoms with Crippen molar-refractivity contribution in [1.29, 1.82) is 0 Å². The molecule has 0 saturated heterocycles. The van der Waals surface area contributed by atoms with Gasteiger partial charge in [0.1, 0.15) is 15.9 Å². The fraction of sp³-hybridized carbons (Fsp3) is 0.333. The maximum Gasteiger partial charge on any atom is 0.251 e. The van der Waals surface area contributed by atoms with Crippen molar-refractivity contribution in [3.05, 3.63) is 48.6 Å². The van der Waals surface area contributed by atoms with Gasteiger partial charge in [0.2, 0.25) is 5.91 Å². The highest BCUT2D eigenvalue weighted by Gasteiger charge is 2.22. The van der Waals surface area contributed by atoms with Crippen LogP contribution in [0.4, 0.5) is 0 Å². The van der Waals surface area contributed by atoms with Crippen molar-refractivity contribution in [2.45, 2.75) is 12.5 Å². The smallest absolute Gasteiger partial charge is 0.251 e. The molecule has 2 N–H and O–H groups in total. The van der Waals surface area contributed by atoms with Crippen molar-refractivity contribution in [1.82, 2.24) is 10.6 Å². The molecular formula is C15H20N2O4S. The molecule has 7 heteroatoms. The minimum absolute atomic E-state index is 0.0143. The largest absolute Gasteiger partial charge is 0.351 e. The first-order chi connectivity index (χ1) is 10.3. The fourth-order valence-corrected chi connectivity index (χ4v) is 2.39. The molecule has 0 fully saturated rings. The van der Waals surface area contributed by atoms with E-state index in [1.54, 1.807) is 30.3 Å². The third-order valence-corrected chi connectivity index (χ3v) is 3.83. The first-order valence-corrected chi connectivity index (χ1v) is 8.82. The van der Waals surface area contributed by atoms with Gasteiger partial charge in [0.05, 0.1) is 5.75 Å². The molecule has 0 aliphatic heterocycles. The highest BCUT2D eigenvalue weighted by molar-refractivity contribution is 7.90. The minimum Gasteiger partial charge on any atom is -0.351 e. The predicted octanol–water partition coefficient (Wildman–Crippen LogP) is 0.522. The Labute approximate surface area is 130 Å². The lowest BCUT2D eigenvalue weighted by atomic mass is 10.1. The summed E-state index contributed by atoms with van der Waals surface area (Å²) in [5.41, 5.74) is 0.406. The van der Waals surface area contributed by atoms with E-state index in [9.17, 15) is 18.0 Å². The molecule has 0 unspecified atom stereocenters. The maximum absolute atomic E-state index is 12.1. The number of amides is 2. The number of nitrogens with one attached hydrogen (secondary N) is 2. The Morgan fingerprint density at radius 1 is 1.27 bits per heavy atom. The minimum atomic E-state index is -3.23. The van der Waals surface area contributed by atoms with E-state index < -0.39 is 27.7 Å². The summed E-state index contributed by atoms with van der Waals surface area (Å²) in [5, 5.41) is 5.12. The molecule has 0 aliphatic rings. The molecule has 0 bridgehead atoms. The summed E-state index contributed by atoms with van der Waals surface area (Å²) >= 11 is 0. The predicted molar refractivity (Wildman–Crippen MR) is 85.2 cm³/mol. The number of sulfone groups is 1. The Morgan fingerprint density at radius 3 is 2.45 bits per heavy atom. The Hall–Kier alpha value is -2.15. The van der Waals surface area contributed by atoms with Crippen LogP contribution in [0, 0.1) is 0 Å². The lowest BCUT2D eigenvalue weighted by Gasteiger charge is -2.17. The molecule has 1 rings (SSSR count). The first-order valence-electron chi connectivity index (χ1n) is 6.75. The van der Waals surface area contributed by atoms with Crippen LogP contribution in [0.15, 0.2) is 43.0 Å². The lowest BCUT2D eigenvalue weighted by Crippen LogP contribution is -2.47. The molecule has 120 valence electrons. The zero-order valence-corrected chi connectivity index (χ0v) is 13.2. The summed E-state index contributed by atoms with van der Waals surface area (Å²) in [7, 11) is -3.23. The van der Waals surface area contributed by atoms with Crippen molar-refractivity contribution in [2.24, 2.45) is 0 Å². The van der Waals surface area contributed by atoms with Gasteiger partial charge in [-0.15, -0.1) is 6.58 Å². The van der Waals surface area contributed by atoms with E-state index in [4.69, 9.17) is 0 Å². The molecule has 0 aromatic heterocycles. The number of carbonyl (C=O) groups is 2. The zero-order chi connectivity index (χ0) is 16.6. The second-order valence-corrected chi connectivity index (χ2v) is 7.10. The van der Waals surface area contributed by atoms with Crippen LogP contribution < -0.4 is 10.6 Å². The zero-order valence-electron chi connectivity index (χ0n) is 12.4. The molecule has 1 aromatic carbocycles. The van der Waals surface area contributed by atoms with Crippen molar-refractivity contribution in [3.8, 4) is 0 Å². The van der Waals surface area contributed by atoms with E-state index in [-0.39, 0.29) is 18.7 Å². The number of rotatable bonds is 8. The quantitative estimate of drug-likeness (QED) is 0.682. The van der Waals surface area contributed by atoms with Crippen molar-refractivity contribution in [3.63, 3.8) is 0 Å². The highest BCUT2D eigenvalue weighted by Crippen LogP contribution is 2.02. The fourth-order valence-electron chi connectivity index (χ4n) is 1.73. The summed E-state index contributed by atoms with van der Waals surface area (Å²) in [6.45, 7) is 3.73. The molecule has 0 spiro atoms. The van der Waals surface area contributed by atoms with Gasteiger partial charge in [0, 0.05) is 18.4 Å². The molecule has 0 heterocycles. The second-order valence-electron chi connectivity index (χ2n) is 4.84. The molecule has 1 atom stereocenters. The van der Waals surface area contributed by atoms with E-state index in [0.717, 1.165) is 6.26 Å². The van der Waals surface area contributed by atoms with Gasteiger partial charge in [-0.2, -0.15) is 0 Å². The number of hydrogen-bond donors (Lipinski definition) is 2.